The molecule has 0 spiro atoms. The largest absolute Gasteiger partial charge is 0.462 e. The summed E-state index contributed by atoms with van der Waals surface area (Å²) in [5.41, 5.74) is 0. The van der Waals surface area contributed by atoms with Crippen LogP contribution in [-0.2, 0) is 28.6 Å². The highest BCUT2D eigenvalue weighted by atomic mass is 16.6. The van der Waals surface area contributed by atoms with Crippen molar-refractivity contribution in [2.24, 2.45) is 0 Å². The molecule has 0 aromatic rings. The molecular formula is C73H122O6. The molecule has 0 aliphatic rings. The summed E-state index contributed by atoms with van der Waals surface area (Å²) < 4.78 is 16.9. The summed E-state index contributed by atoms with van der Waals surface area (Å²) >= 11 is 0. The predicted molar refractivity (Wildman–Crippen MR) is 343 cm³/mol. The third-order valence-electron chi connectivity index (χ3n) is 13.9. The summed E-state index contributed by atoms with van der Waals surface area (Å²) in [6.07, 6.45) is 92.0. The van der Waals surface area contributed by atoms with Crippen molar-refractivity contribution in [1.29, 1.82) is 0 Å². The van der Waals surface area contributed by atoms with Crippen LogP contribution in [0.4, 0.5) is 0 Å². The molecule has 450 valence electrons. The van der Waals surface area contributed by atoms with Crippen LogP contribution in [0.3, 0.4) is 0 Å². The zero-order chi connectivity index (χ0) is 57.1. The smallest absolute Gasteiger partial charge is 0.306 e. The van der Waals surface area contributed by atoms with Crippen molar-refractivity contribution in [3.63, 3.8) is 0 Å². The number of unbranched alkanes of at least 4 members (excludes halogenated alkanes) is 28. The van der Waals surface area contributed by atoms with Gasteiger partial charge >= 0.3 is 17.9 Å². The second-order valence-electron chi connectivity index (χ2n) is 21.6. The van der Waals surface area contributed by atoms with Gasteiger partial charge < -0.3 is 14.2 Å². The first kappa shape index (κ1) is 74.8. The number of rotatable bonds is 59. The van der Waals surface area contributed by atoms with E-state index in [2.05, 4.69) is 142 Å². The minimum absolute atomic E-state index is 0.0952. The molecule has 79 heavy (non-hydrogen) atoms. The lowest BCUT2D eigenvalue weighted by atomic mass is 10.1. The molecule has 0 heterocycles. The minimum atomic E-state index is -0.802. The van der Waals surface area contributed by atoms with Gasteiger partial charge in [0, 0.05) is 19.3 Å². The maximum absolute atomic E-state index is 12.9. The van der Waals surface area contributed by atoms with E-state index in [4.69, 9.17) is 14.2 Å². The van der Waals surface area contributed by atoms with Crippen molar-refractivity contribution in [2.45, 2.75) is 309 Å². The molecule has 0 aromatic carbocycles. The number of hydrogen-bond donors (Lipinski definition) is 0. The first-order valence-electron chi connectivity index (χ1n) is 33.0. The van der Waals surface area contributed by atoms with Gasteiger partial charge in [-0.05, 0) is 135 Å². The van der Waals surface area contributed by atoms with Gasteiger partial charge in [-0.2, -0.15) is 0 Å². The standard InChI is InChI=1S/C73H122O6/c1-4-7-10-13-16-19-22-25-27-29-31-33-35-36-38-39-41-43-45-48-51-54-57-60-63-66-72(75)78-69-70(68-77-71(74)65-62-59-56-53-50-47-24-21-18-15-12-9-6-3)79-73(76)67-64-61-58-55-52-49-46-44-42-40-37-34-32-30-28-26-23-20-17-14-11-8-5-2/h8,11,17,20-22,24-26,28-29,31-32,34-36,40,42,46,49,70H,4-7,9-10,12-16,18-19,23,27,30,33,37-39,41,43-45,47-48,50-69H2,1-3H3/b11-8-,20-17-,24-21-,25-22-,28-26-,31-29-,34-32-,36-35-,42-40-,49-46-. The summed E-state index contributed by atoms with van der Waals surface area (Å²) in [7, 11) is 0. The van der Waals surface area contributed by atoms with E-state index in [0.717, 1.165) is 135 Å². The van der Waals surface area contributed by atoms with E-state index in [1.807, 2.05) is 0 Å². The zero-order valence-corrected chi connectivity index (χ0v) is 51.6. The molecule has 0 fully saturated rings. The Kier molecular flexibility index (Phi) is 62.8. The molecule has 0 aliphatic heterocycles. The van der Waals surface area contributed by atoms with Gasteiger partial charge in [0.2, 0.25) is 0 Å². The highest BCUT2D eigenvalue weighted by Crippen LogP contribution is 2.15. The molecule has 0 aliphatic carbocycles. The van der Waals surface area contributed by atoms with Crippen molar-refractivity contribution >= 4 is 17.9 Å². The Balaban J connectivity index is 4.40. The number of carbonyl (C=O) groups is 3. The summed E-state index contributed by atoms with van der Waals surface area (Å²) in [6, 6.07) is 0. The van der Waals surface area contributed by atoms with E-state index in [9.17, 15) is 14.4 Å². The Morgan fingerprint density at radius 2 is 0.494 bits per heavy atom. The number of carbonyl (C=O) groups excluding carboxylic acids is 3. The van der Waals surface area contributed by atoms with Crippen LogP contribution >= 0.6 is 0 Å². The second kappa shape index (κ2) is 66.3. The molecule has 0 bridgehead atoms. The molecule has 0 radical (unpaired) electrons. The van der Waals surface area contributed by atoms with E-state index in [0.29, 0.717) is 19.3 Å². The van der Waals surface area contributed by atoms with E-state index >= 15 is 0 Å². The third-order valence-corrected chi connectivity index (χ3v) is 13.9. The van der Waals surface area contributed by atoms with E-state index < -0.39 is 6.10 Å². The van der Waals surface area contributed by atoms with E-state index in [1.165, 1.54) is 128 Å². The first-order chi connectivity index (χ1) is 39.0. The molecule has 0 saturated heterocycles. The van der Waals surface area contributed by atoms with Crippen LogP contribution in [0.25, 0.3) is 0 Å². The van der Waals surface area contributed by atoms with Gasteiger partial charge in [-0.25, -0.2) is 0 Å². The third kappa shape index (κ3) is 64.5. The van der Waals surface area contributed by atoms with Gasteiger partial charge in [0.25, 0.3) is 0 Å². The Hall–Kier alpha value is -4.19. The average Bonchev–Trinajstić information content (AvgIpc) is 3.45. The van der Waals surface area contributed by atoms with Gasteiger partial charge in [-0.3, -0.25) is 14.4 Å². The van der Waals surface area contributed by atoms with Gasteiger partial charge in [-0.15, -0.1) is 0 Å². The number of allylic oxidation sites excluding steroid dienone is 20. The molecule has 1 unspecified atom stereocenters. The van der Waals surface area contributed by atoms with Crippen LogP contribution in [0.2, 0.25) is 0 Å². The molecule has 6 nitrogen and oxygen atoms in total. The van der Waals surface area contributed by atoms with Crippen LogP contribution in [-0.4, -0.2) is 37.2 Å². The number of ether oxygens (including phenoxy) is 3. The topological polar surface area (TPSA) is 78.9 Å². The van der Waals surface area contributed by atoms with Crippen molar-refractivity contribution in [3.05, 3.63) is 122 Å². The SMILES string of the molecule is CC/C=C\C/C=C\C/C=C\C/C=C\C/C=C\C/C=C\CCCCCCC(=O)OC(COC(=O)CCCCCCC/C=C\CCCCCC)COC(=O)CCCCCCCCCCCC/C=C\C/C=C\C/C=C\CCCCCCC. The summed E-state index contributed by atoms with van der Waals surface area (Å²) in [4.78, 5) is 38.3. The van der Waals surface area contributed by atoms with Crippen LogP contribution < -0.4 is 0 Å². The molecule has 0 amide bonds. The minimum Gasteiger partial charge on any atom is -0.462 e. The monoisotopic (exact) mass is 1090 g/mol. The molecule has 1 atom stereocenters. The van der Waals surface area contributed by atoms with Crippen LogP contribution in [0.1, 0.15) is 303 Å². The lowest BCUT2D eigenvalue weighted by molar-refractivity contribution is -0.167. The highest BCUT2D eigenvalue weighted by molar-refractivity contribution is 5.71. The van der Waals surface area contributed by atoms with Crippen molar-refractivity contribution in [1.82, 2.24) is 0 Å². The van der Waals surface area contributed by atoms with E-state index in [1.54, 1.807) is 0 Å². The second-order valence-corrected chi connectivity index (χ2v) is 21.6. The Bertz CT molecular complexity index is 1640. The van der Waals surface area contributed by atoms with E-state index in [-0.39, 0.29) is 31.1 Å². The molecule has 0 saturated carbocycles. The maximum atomic E-state index is 12.9. The van der Waals surface area contributed by atoms with Crippen LogP contribution in [0, 0.1) is 0 Å². The fourth-order valence-electron chi connectivity index (χ4n) is 8.98. The lowest BCUT2D eigenvalue weighted by Gasteiger charge is -2.18. The van der Waals surface area contributed by atoms with Gasteiger partial charge in [0.15, 0.2) is 6.10 Å². The fourth-order valence-corrected chi connectivity index (χ4v) is 8.98. The van der Waals surface area contributed by atoms with Gasteiger partial charge in [0.1, 0.15) is 13.2 Å². The molecule has 0 N–H and O–H groups in total. The van der Waals surface area contributed by atoms with Gasteiger partial charge in [0.05, 0.1) is 0 Å². The molecular weight excluding hydrogens is 973 g/mol. The number of hydrogen-bond acceptors (Lipinski definition) is 6. The van der Waals surface area contributed by atoms with Crippen molar-refractivity contribution in [3.8, 4) is 0 Å². The maximum Gasteiger partial charge on any atom is 0.306 e. The van der Waals surface area contributed by atoms with Crippen LogP contribution in [0.5, 0.6) is 0 Å². The van der Waals surface area contributed by atoms with Crippen LogP contribution in [0.15, 0.2) is 122 Å². The van der Waals surface area contributed by atoms with Crippen molar-refractivity contribution < 1.29 is 28.6 Å². The lowest BCUT2D eigenvalue weighted by Crippen LogP contribution is -2.30. The first-order valence-corrected chi connectivity index (χ1v) is 33.0. The summed E-state index contributed by atoms with van der Waals surface area (Å²) in [5, 5.41) is 0. The Morgan fingerprint density at radius 1 is 0.266 bits per heavy atom. The number of esters is 3. The Morgan fingerprint density at radius 3 is 0.797 bits per heavy atom. The fraction of sp³-hybridized carbons (Fsp3) is 0.685. The molecule has 6 heteroatoms. The molecule has 0 rings (SSSR count). The zero-order valence-electron chi connectivity index (χ0n) is 51.6. The quantitative estimate of drug-likeness (QED) is 0.0261. The van der Waals surface area contributed by atoms with Gasteiger partial charge in [-0.1, -0.05) is 271 Å². The average molecular weight is 1100 g/mol. The summed E-state index contributed by atoms with van der Waals surface area (Å²) in [6.45, 7) is 6.48. The Labute approximate surface area is 488 Å². The highest BCUT2D eigenvalue weighted by Gasteiger charge is 2.19. The summed E-state index contributed by atoms with van der Waals surface area (Å²) in [5.74, 6) is -0.928. The molecule has 0 aromatic heterocycles. The normalized spacial score (nSPS) is 12.9. The predicted octanol–water partition coefficient (Wildman–Crippen LogP) is 22.8. The van der Waals surface area contributed by atoms with Crippen molar-refractivity contribution in [2.75, 3.05) is 13.2 Å².